The summed E-state index contributed by atoms with van der Waals surface area (Å²) in [6.45, 7) is 14.4. The molecule has 1 saturated carbocycles. The maximum Gasteiger partial charge on any atom is 0.227 e. The molecule has 1 N–H and O–H groups in total. The zero-order valence-electron chi connectivity index (χ0n) is 13.0. The van der Waals surface area contributed by atoms with E-state index in [1.54, 1.807) is 0 Å². The van der Waals surface area contributed by atoms with Gasteiger partial charge >= 0.3 is 0 Å². The van der Waals surface area contributed by atoms with Crippen LogP contribution in [0.5, 0.6) is 0 Å². The maximum atomic E-state index is 12.9. The lowest BCUT2D eigenvalue weighted by molar-refractivity contribution is -0.135. The molecule has 2 aliphatic heterocycles. The Hall–Kier alpha value is -0.570. The zero-order valence-corrected chi connectivity index (χ0v) is 13.0. The normalized spacial score (nSPS) is 39.4. The summed E-state index contributed by atoms with van der Waals surface area (Å²) < 4.78 is 0. The number of hydrogen-bond acceptors (Lipinski definition) is 2. The predicted molar refractivity (Wildman–Crippen MR) is 76.7 cm³/mol. The quantitative estimate of drug-likeness (QED) is 0.828. The van der Waals surface area contributed by atoms with Crippen LogP contribution >= 0.6 is 0 Å². The number of likely N-dealkylation sites (tertiary alicyclic amines) is 1. The van der Waals surface area contributed by atoms with Gasteiger partial charge in [-0.25, -0.2) is 0 Å². The third-order valence-electron chi connectivity index (χ3n) is 6.69. The highest BCUT2D eigenvalue weighted by atomic mass is 16.2. The van der Waals surface area contributed by atoms with Crippen LogP contribution in [0.1, 0.15) is 41.0 Å². The molecular formula is C16H28N2O. The Morgan fingerprint density at radius 1 is 1.21 bits per heavy atom. The Balaban J connectivity index is 1.78. The first-order valence-electron chi connectivity index (χ1n) is 7.83. The van der Waals surface area contributed by atoms with Crippen LogP contribution in [0.3, 0.4) is 0 Å². The first-order valence-corrected chi connectivity index (χ1v) is 7.83. The molecule has 108 valence electrons. The van der Waals surface area contributed by atoms with Crippen molar-refractivity contribution >= 4 is 5.91 Å². The molecule has 3 rings (SSSR count). The van der Waals surface area contributed by atoms with Crippen molar-refractivity contribution in [2.45, 2.75) is 47.1 Å². The monoisotopic (exact) mass is 264 g/mol. The molecule has 19 heavy (non-hydrogen) atoms. The zero-order chi connectivity index (χ0) is 14.0. The summed E-state index contributed by atoms with van der Waals surface area (Å²) >= 11 is 0. The Kier molecular flexibility index (Phi) is 2.80. The van der Waals surface area contributed by atoms with Gasteiger partial charge in [0, 0.05) is 31.6 Å². The lowest BCUT2D eigenvalue weighted by atomic mass is 9.93. The minimum absolute atomic E-state index is 0.165. The molecule has 2 saturated heterocycles. The molecule has 3 atom stereocenters. The van der Waals surface area contributed by atoms with Gasteiger partial charge < -0.3 is 10.2 Å². The minimum Gasteiger partial charge on any atom is -0.339 e. The van der Waals surface area contributed by atoms with E-state index in [0.29, 0.717) is 23.8 Å². The fraction of sp³-hybridized carbons (Fsp3) is 0.938. The van der Waals surface area contributed by atoms with Crippen LogP contribution in [0, 0.1) is 28.6 Å². The Morgan fingerprint density at radius 2 is 1.84 bits per heavy atom. The highest BCUT2D eigenvalue weighted by molar-refractivity contribution is 5.85. The smallest absolute Gasteiger partial charge is 0.227 e. The standard InChI is InChI=1S/C16H28N2O/c1-6-12-11-8-17-7-10(11)9-18(12)14(19)13-15(2,3)16(13,4)5/h10-13,17H,6-9H2,1-5H3. The molecule has 3 nitrogen and oxygen atoms in total. The Bertz CT molecular complexity index is 388. The number of amides is 1. The molecule has 2 heterocycles. The fourth-order valence-corrected chi connectivity index (χ4v) is 4.78. The van der Waals surface area contributed by atoms with Crippen LogP contribution in [-0.2, 0) is 4.79 Å². The molecular weight excluding hydrogens is 236 g/mol. The molecule has 3 fully saturated rings. The van der Waals surface area contributed by atoms with Crippen LogP contribution in [0.25, 0.3) is 0 Å². The van der Waals surface area contributed by atoms with E-state index in [2.05, 4.69) is 44.8 Å². The number of rotatable bonds is 2. The van der Waals surface area contributed by atoms with Gasteiger partial charge in [0.05, 0.1) is 0 Å². The molecule has 1 amide bonds. The van der Waals surface area contributed by atoms with Crippen molar-refractivity contribution in [3.05, 3.63) is 0 Å². The lowest BCUT2D eigenvalue weighted by Crippen LogP contribution is -2.41. The largest absolute Gasteiger partial charge is 0.339 e. The average Bonchev–Trinajstić information content (AvgIpc) is 2.71. The summed E-state index contributed by atoms with van der Waals surface area (Å²) in [6.07, 6.45) is 1.10. The van der Waals surface area contributed by atoms with Crippen LogP contribution < -0.4 is 5.32 Å². The lowest BCUT2D eigenvalue weighted by Gasteiger charge is -2.28. The van der Waals surface area contributed by atoms with E-state index in [9.17, 15) is 4.79 Å². The van der Waals surface area contributed by atoms with E-state index in [-0.39, 0.29) is 16.7 Å². The van der Waals surface area contributed by atoms with Gasteiger partial charge in [0.1, 0.15) is 0 Å². The van der Waals surface area contributed by atoms with E-state index >= 15 is 0 Å². The van der Waals surface area contributed by atoms with Gasteiger partial charge in [-0.3, -0.25) is 4.79 Å². The number of fused-ring (bicyclic) bond motifs is 1. The van der Waals surface area contributed by atoms with E-state index < -0.39 is 0 Å². The van der Waals surface area contributed by atoms with Crippen LogP contribution in [0.15, 0.2) is 0 Å². The molecule has 3 aliphatic rings. The molecule has 3 heteroatoms. The molecule has 1 aliphatic carbocycles. The summed E-state index contributed by atoms with van der Waals surface area (Å²) in [4.78, 5) is 15.2. The van der Waals surface area contributed by atoms with Gasteiger partial charge in [-0.2, -0.15) is 0 Å². The second kappa shape index (κ2) is 3.97. The number of nitrogens with zero attached hydrogens (tertiary/aromatic N) is 1. The summed E-state index contributed by atoms with van der Waals surface area (Å²) in [5, 5.41) is 3.49. The summed E-state index contributed by atoms with van der Waals surface area (Å²) in [7, 11) is 0. The van der Waals surface area contributed by atoms with Gasteiger partial charge in [-0.1, -0.05) is 34.6 Å². The molecule has 0 aromatic carbocycles. The van der Waals surface area contributed by atoms with Gasteiger partial charge in [-0.05, 0) is 29.1 Å². The van der Waals surface area contributed by atoms with E-state index in [1.165, 1.54) is 0 Å². The minimum atomic E-state index is 0.165. The van der Waals surface area contributed by atoms with Crippen LogP contribution in [-0.4, -0.2) is 36.5 Å². The van der Waals surface area contributed by atoms with E-state index in [4.69, 9.17) is 0 Å². The summed E-state index contributed by atoms with van der Waals surface area (Å²) in [5.74, 6) is 2.04. The molecule has 0 aromatic heterocycles. The summed E-state index contributed by atoms with van der Waals surface area (Å²) in [6, 6.07) is 0.472. The van der Waals surface area contributed by atoms with E-state index in [1.807, 2.05) is 0 Å². The third kappa shape index (κ3) is 1.63. The number of carbonyl (C=O) groups excluding carboxylic acids is 1. The van der Waals surface area contributed by atoms with Crippen molar-refractivity contribution in [1.82, 2.24) is 10.2 Å². The van der Waals surface area contributed by atoms with Gasteiger partial charge in [-0.15, -0.1) is 0 Å². The summed E-state index contributed by atoms with van der Waals surface area (Å²) in [5.41, 5.74) is 0.330. The number of hydrogen-bond donors (Lipinski definition) is 1. The molecule has 0 spiro atoms. The highest BCUT2D eigenvalue weighted by Crippen LogP contribution is 2.69. The van der Waals surface area contributed by atoms with Crippen molar-refractivity contribution in [1.29, 1.82) is 0 Å². The Morgan fingerprint density at radius 3 is 2.37 bits per heavy atom. The van der Waals surface area contributed by atoms with Crippen molar-refractivity contribution < 1.29 is 4.79 Å². The maximum absolute atomic E-state index is 12.9. The molecule has 0 bridgehead atoms. The number of carbonyl (C=O) groups is 1. The second-order valence-corrected chi connectivity index (χ2v) is 7.92. The molecule has 0 aromatic rings. The molecule has 3 unspecified atom stereocenters. The topological polar surface area (TPSA) is 32.3 Å². The van der Waals surface area contributed by atoms with Gasteiger partial charge in [0.15, 0.2) is 0 Å². The second-order valence-electron chi connectivity index (χ2n) is 7.92. The SMILES string of the molecule is CCC1C2CNCC2CN1C(=O)C1C(C)(C)C1(C)C. The molecule has 0 radical (unpaired) electrons. The van der Waals surface area contributed by atoms with Crippen molar-refractivity contribution in [3.63, 3.8) is 0 Å². The van der Waals surface area contributed by atoms with Crippen molar-refractivity contribution in [3.8, 4) is 0 Å². The van der Waals surface area contributed by atoms with Crippen LogP contribution in [0.2, 0.25) is 0 Å². The predicted octanol–water partition coefficient (Wildman–Crippen LogP) is 2.12. The first-order chi connectivity index (χ1) is 8.82. The highest BCUT2D eigenvalue weighted by Gasteiger charge is 2.69. The van der Waals surface area contributed by atoms with Crippen molar-refractivity contribution in [2.24, 2.45) is 28.6 Å². The van der Waals surface area contributed by atoms with Gasteiger partial charge in [0.2, 0.25) is 5.91 Å². The van der Waals surface area contributed by atoms with Gasteiger partial charge in [0.25, 0.3) is 0 Å². The fourth-order valence-electron chi connectivity index (χ4n) is 4.78. The van der Waals surface area contributed by atoms with E-state index in [0.717, 1.165) is 26.1 Å². The third-order valence-corrected chi connectivity index (χ3v) is 6.69. The first kappa shape index (κ1) is 13.4. The van der Waals surface area contributed by atoms with Crippen LogP contribution in [0.4, 0.5) is 0 Å². The van der Waals surface area contributed by atoms with Crippen molar-refractivity contribution in [2.75, 3.05) is 19.6 Å². The average molecular weight is 264 g/mol. The number of nitrogens with one attached hydrogen (secondary N) is 1. The Labute approximate surface area is 117 Å².